The van der Waals surface area contributed by atoms with Gasteiger partial charge in [-0.2, -0.15) is 0 Å². The average Bonchev–Trinajstić information content (AvgIpc) is 2.77. The standard InChI is InChI=1S/C15H24O2/c1-13(2)5-10-4-11(7-16)15(9-17)8-14(15,3)12(10)6-13/h4,10,12,16-17H,5-9H2,1-3H3/t10-,12+,14+,15+/m0/s1. The summed E-state index contributed by atoms with van der Waals surface area (Å²) in [4.78, 5) is 0. The highest BCUT2D eigenvalue weighted by molar-refractivity contribution is 5.38. The van der Waals surface area contributed by atoms with Crippen molar-refractivity contribution in [2.24, 2.45) is 28.1 Å². The van der Waals surface area contributed by atoms with Crippen LogP contribution in [-0.2, 0) is 0 Å². The zero-order valence-electron chi connectivity index (χ0n) is 11.2. The summed E-state index contributed by atoms with van der Waals surface area (Å²) in [5.41, 5.74) is 1.70. The van der Waals surface area contributed by atoms with E-state index < -0.39 is 0 Å². The molecule has 0 aromatic heterocycles. The molecule has 0 amide bonds. The van der Waals surface area contributed by atoms with Crippen LogP contribution in [-0.4, -0.2) is 23.4 Å². The second-order valence-electron chi connectivity index (χ2n) is 7.53. The molecule has 0 radical (unpaired) electrons. The fraction of sp³-hybridized carbons (Fsp3) is 0.867. The van der Waals surface area contributed by atoms with Gasteiger partial charge in [0.15, 0.2) is 0 Å². The topological polar surface area (TPSA) is 40.5 Å². The largest absolute Gasteiger partial charge is 0.395 e. The van der Waals surface area contributed by atoms with Gasteiger partial charge in [0.25, 0.3) is 0 Å². The molecule has 0 aliphatic heterocycles. The number of fused-ring (bicyclic) bond motifs is 3. The van der Waals surface area contributed by atoms with Gasteiger partial charge in [0, 0.05) is 5.41 Å². The maximum Gasteiger partial charge on any atom is 0.0648 e. The van der Waals surface area contributed by atoms with Crippen LogP contribution in [0.5, 0.6) is 0 Å². The second kappa shape index (κ2) is 3.16. The maximum absolute atomic E-state index is 9.76. The minimum atomic E-state index is -0.0800. The van der Waals surface area contributed by atoms with Crippen LogP contribution >= 0.6 is 0 Å². The lowest BCUT2D eigenvalue weighted by atomic mass is 9.69. The Kier molecular flexibility index (Phi) is 2.18. The Hall–Kier alpha value is -0.340. The number of aliphatic hydroxyl groups excluding tert-OH is 2. The van der Waals surface area contributed by atoms with E-state index in [1.165, 1.54) is 12.8 Å². The van der Waals surface area contributed by atoms with Gasteiger partial charge in [0.1, 0.15) is 0 Å². The van der Waals surface area contributed by atoms with E-state index in [0.717, 1.165) is 12.0 Å². The molecule has 3 aliphatic rings. The molecule has 2 nitrogen and oxygen atoms in total. The maximum atomic E-state index is 9.76. The normalized spacial score (nSPS) is 50.5. The lowest BCUT2D eigenvalue weighted by Gasteiger charge is -2.36. The van der Waals surface area contributed by atoms with E-state index in [1.807, 2.05) is 0 Å². The fourth-order valence-electron chi connectivity index (χ4n) is 4.99. The first kappa shape index (κ1) is 11.7. The second-order valence-corrected chi connectivity index (χ2v) is 7.53. The van der Waals surface area contributed by atoms with Gasteiger partial charge in [-0.3, -0.25) is 0 Å². The molecule has 0 heterocycles. The molecule has 3 aliphatic carbocycles. The number of rotatable bonds is 2. The summed E-state index contributed by atoms with van der Waals surface area (Å²) in [6, 6.07) is 0. The molecule has 0 aromatic rings. The molecule has 0 spiro atoms. The van der Waals surface area contributed by atoms with Crippen LogP contribution in [0.4, 0.5) is 0 Å². The highest BCUT2D eigenvalue weighted by Gasteiger charge is 2.72. The molecule has 2 fully saturated rings. The summed E-state index contributed by atoms with van der Waals surface area (Å²) in [7, 11) is 0. The Morgan fingerprint density at radius 2 is 1.94 bits per heavy atom. The number of hydrogen-bond donors (Lipinski definition) is 2. The Morgan fingerprint density at radius 3 is 2.53 bits per heavy atom. The van der Waals surface area contributed by atoms with E-state index in [-0.39, 0.29) is 24.0 Å². The first-order chi connectivity index (χ1) is 7.88. The number of aliphatic hydroxyl groups is 2. The van der Waals surface area contributed by atoms with Gasteiger partial charge in [0.2, 0.25) is 0 Å². The van der Waals surface area contributed by atoms with Crippen LogP contribution in [0.15, 0.2) is 11.6 Å². The van der Waals surface area contributed by atoms with Gasteiger partial charge < -0.3 is 10.2 Å². The third-order valence-corrected chi connectivity index (χ3v) is 6.00. The molecule has 0 bridgehead atoms. The van der Waals surface area contributed by atoms with E-state index in [1.54, 1.807) is 0 Å². The Bertz CT molecular complexity index is 384. The van der Waals surface area contributed by atoms with E-state index in [2.05, 4.69) is 26.8 Å². The van der Waals surface area contributed by atoms with Gasteiger partial charge in [-0.1, -0.05) is 26.8 Å². The van der Waals surface area contributed by atoms with Gasteiger partial charge in [-0.05, 0) is 47.5 Å². The lowest BCUT2D eigenvalue weighted by Crippen LogP contribution is -2.32. The summed E-state index contributed by atoms with van der Waals surface area (Å²) in [5, 5.41) is 19.3. The molecular formula is C15H24O2. The van der Waals surface area contributed by atoms with E-state index in [0.29, 0.717) is 17.3 Å². The Balaban J connectivity index is 2.01. The van der Waals surface area contributed by atoms with E-state index in [9.17, 15) is 10.2 Å². The van der Waals surface area contributed by atoms with Crippen LogP contribution in [0.25, 0.3) is 0 Å². The summed E-state index contributed by atoms with van der Waals surface area (Å²) < 4.78 is 0. The van der Waals surface area contributed by atoms with Gasteiger partial charge in [-0.15, -0.1) is 0 Å². The average molecular weight is 236 g/mol. The van der Waals surface area contributed by atoms with Crippen molar-refractivity contribution < 1.29 is 10.2 Å². The Morgan fingerprint density at radius 1 is 1.24 bits per heavy atom. The van der Waals surface area contributed by atoms with E-state index >= 15 is 0 Å². The highest BCUT2D eigenvalue weighted by Crippen LogP contribution is 2.77. The van der Waals surface area contributed by atoms with Crippen molar-refractivity contribution in [2.75, 3.05) is 13.2 Å². The van der Waals surface area contributed by atoms with Crippen molar-refractivity contribution in [3.8, 4) is 0 Å². The first-order valence-corrected chi connectivity index (χ1v) is 6.81. The predicted molar refractivity (Wildman–Crippen MR) is 67.4 cm³/mol. The third kappa shape index (κ3) is 1.29. The van der Waals surface area contributed by atoms with Crippen LogP contribution < -0.4 is 0 Å². The third-order valence-electron chi connectivity index (χ3n) is 6.00. The van der Waals surface area contributed by atoms with Crippen LogP contribution in [0.1, 0.15) is 40.0 Å². The summed E-state index contributed by atoms with van der Waals surface area (Å²) >= 11 is 0. The minimum absolute atomic E-state index is 0.0800. The SMILES string of the molecule is CC1(C)C[C@@H]2[C@@H](C=C(CO)[C@]3(CO)C[C@]23C)C1. The number of allylic oxidation sites excluding steroid dienone is 1. The van der Waals surface area contributed by atoms with Crippen LogP contribution in [0, 0.1) is 28.1 Å². The first-order valence-electron chi connectivity index (χ1n) is 6.81. The van der Waals surface area contributed by atoms with Gasteiger partial charge in [-0.25, -0.2) is 0 Å². The zero-order chi connectivity index (χ0) is 12.5. The molecule has 0 unspecified atom stereocenters. The fourth-order valence-corrected chi connectivity index (χ4v) is 4.99. The molecule has 2 N–H and O–H groups in total. The quantitative estimate of drug-likeness (QED) is 0.723. The van der Waals surface area contributed by atoms with E-state index in [4.69, 9.17) is 0 Å². The monoisotopic (exact) mass is 236 g/mol. The highest BCUT2D eigenvalue weighted by atomic mass is 16.3. The molecule has 2 saturated carbocycles. The van der Waals surface area contributed by atoms with Crippen molar-refractivity contribution >= 4 is 0 Å². The van der Waals surface area contributed by atoms with Gasteiger partial charge in [0.05, 0.1) is 13.2 Å². The molecule has 17 heavy (non-hydrogen) atoms. The lowest BCUT2D eigenvalue weighted by molar-refractivity contribution is 0.130. The Labute approximate surface area is 104 Å². The molecule has 0 saturated heterocycles. The minimum Gasteiger partial charge on any atom is -0.395 e. The molecule has 96 valence electrons. The van der Waals surface area contributed by atoms with Gasteiger partial charge >= 0.3 is 0 Å². The summed E-state index contributed by atoms with van der Waals surface area (Å²) in [5.74, 6) is 1.33. The van der Waals surface area contributed by atoms with Crippen molar-refractivity contribution in [3.05, 3.63) is 11.6 Å². The van der Waals surface area contributed by atoms with Crippen molar-refractivity contribution in [1.82, 2.24) is 0 Å². The molecular weight excluding hydrogens is 212 g/mol. The van der Waals surface area contributed by atoms with Crippen LogP contribution in [0.2, 0.25) is 0 Å². The molecule has 3 rings (SSSR count). The molecule has 4 atom stereocenters. The van der Waals surface area contributed by atoms with Crippen molar-refractivity contribution in [1.29, 1.82) is 0 Å². The van der Waals surface area contributed by atoms with Crippen molar-refractivity contribution in [3.63, 3.8) is 0 Å². The van der Waals surface area contributed by atoms with Crippen molar-refractivity contribution in [2.45, 2.75) is 40.0 Å². The summed E-state index contributed by atoms with van der Waals surface area (Å²) in [6.07, 6.45) is 5.87. The molecule has 0 aromatic carbocycles. The predicted octanol–water partition coefficient (Wildman–Crippen LogP) is 2.36. The smallest absolute Gasteiger partial charge is 0.0648 e. The van der Waals surface area contributed by atoms with Crippen LogP contribution in [0.3, 0.4) is 0 Å². The summed E-state index contributed by atoms with van der Waals surface area (Å²) in [6.45, 7) is 7.36. The zero-order valence-corrected chi connectivity index (χ0v) is 11.2. The number of hydrogen-bond acceptors (Lipinski definition) is 2. The molecule has 2 heteroatoms.